The monoisotopic (exact) mass is 161 g/mol. The van der Waals surface area contributed by atoms with Crippen LogP contribution in [-0.4, -0.2) is 36.5 Å². The van der Waals surface area contributed by atoms with Crippen molar-refractivity contribution in [1.82, 2.24) is 5.32 Å². The summed E-state index contributed by atoms with van der Waals surface area (Å²) in [5.74, 6) is 0. The van der Waals surface area contributed by atoms with E-state index >= 15 is 0 Å². The molecule has 0 unspecified atom stereocenters. The fraction of sp³-hybridized carbons (Fsp3) is 1.00. The maximum Gasteiger partial charge on any atom is 0.0555 e. The minimum Gasteiger partial charge on any atom is -0.396 e. The first-order valence-corrected chi connectivity index (χ1v) is 4.05. The van der Waals surface area contributed by atoms with Crippen LogP contribution in [-0.2, 0) is 0 Å². The van der Waals surface area contributed by atoms with Gasteiger partial charge >= 0.3 is 0 Å². The summed E-state index contributed by atoms with van der Waals surface area (Å²) in [6.07, 6.45) is 0.797. The molecule has 0 aliphatic rings. The Labute approximate surface area is 68.4 Å². The van der Waals surface area contributed by atoms with Crippen molar-refractivity contribution in [3.63, 3.8) is 0 Å². The van der Waals surface area contributed by atoms with E-state index in [9.17, 15) is 0 Å². The van der Waals surface area contributed by atoms with Crippen molar-refractivity contribution in [2.75, 3.05) is 26.3 Å². The molecule has 0 aliphatic heterocycles. The van der Waals surface area contributed by atoms with E-state index in [4.69, 9.17) is 10.2 Å². The number of aliphatic hydroxyl groups excluding tert-OH is 2. The van der Waals surface area contributed by atoms with Gasteiger partial charge in [0.05, 0.1) is 6.61 Å². The molecule has 11 heavy (non-hydrogen) atoms. The normalized spacial score (nSPS) is 12.0. The van der Waals surface area contributed by atoms with E-state index < -0.39 is 0 Å². The molecule has 0 bridgehead atoms. The highest BCUT2D eigenvalue weighted by Gasteiger charge is 2.15. The van der Waals surface area contributed by atoms with Crippen LogP contribution in [0.2, 0.25) is 0 Å². The third-order valence-corrected chi connectivity index (χ3v) is 1.68. The van der Waals surface area contributed by atoms with Crippen LogP contribution in [0, 0.1) is 5.41 Å². The Kier molecular flexibility index (Phi) is 5.46. The van der Waals surface area contributed by atoms with E-state index in [-0.39, 0.29) is 18.6 Å². The maximum absolute atomic E-state index is 8.68. The highest BCUT2D eigenvalue weighted by Crippen LogP contribution is 2.17. The van der Waals surface area contributed by atoms with Crippen LogP contribution in [0.15, 0.2) is 0 Å². The summed E-state index contributed by atoms with van der Waals surface area (Å²) >= 11 is 0. The predicted molar refractivity (Wildman–Crippen MR) is 45.4 cm³/mol. The summed E-state index contributed by atoms with van der Waals surface area (Å²) in [7, 11) is 0. The quantitative estimate of drug-likeness (QED) is 0.480. The Morgan fingerprint density at radius 1 is 1.18 bits per heavy atom. The van der Waals surface area contributed by atoms with Crippen LogP contribution in [0.1, 0.15) is 20.3 Å². The standard InChI is InChI=1S/C8H19NO2/c1-8(2,3-5-10)7-9-4-6-11/h9-11H,3-7H2,1-2H3. The van der Waals surface area contributed by atoms with Crippen LogP contribution in [0.5, 0.6) is 0 Å². The first-order valence-electron chi connectivity index (χ1n) is 4.05. The van der Waals surface area contributed by atoms with Crippen molar-refractivity contribution in [3.8, 4) is 0 Å². The molecule has 0 atom stereocenters. The van der Waals surface area contributed by atoms with Gasteiger partial charge in [0.2, 0.25) is 0 Å². The molecule has 0 aromatic carbocycles. The van der Waals surface area contributed by atoms with Gasteiger partial charge in [-0.3, -0.25) is 0 Å². The molecular formula is C8H19NO2. The Balaban J connectivity index is 3.38. The SMILES string of the molecule is CC(C)(CCO)CNCCO. The number of aliphatic hydroxyl groups is 2. The van der Waals surface area contributed by atoms with Gasteiger partial charge in [0, 0.05) is 19.7 Å². The highest BCUT2D eigenvalue weighted by atomic mass is 16.3. The smallest absolute Gasteiger partial charge is 0.0555 e. The molecule has 0 aromatic rings. The fourth-order valence-corrected chi connectivity index (χ4v) is 0.897. The molecule has 0 aliphatic carbocycles. The van der Waals surface area contributed by atoms with Gasteiger partial charge < -0.3 is 15.5 Å². The zero-order chi connectivity index (χ0) is 8.74. The molecule has 0 heterocycles. The lowest BCUT2D eigenvalue weighted by atomic mass is 9.90. The molecule has 0 fully saturated rings. The molecule has 3 N–H and O–H groups in total. The average Bonchev–Trinajstić information content (AvgIpc) is 1.87. The van der Waals surface area contributed by atoms with E-state index in [2.05, 4.69) is 19.2 Å². The number of hydrogen-bond acceptors (Lipinski definition) is 3. The predicted octanol–water partition coefficient (Wildman–Crippen LogP) is -0.0231. The van der Waals surface area contributed by atoms with E-state index in [0.29, 0.717) is 6.54 Å². The summed E-state index contributed by atoms with van der Waals surface area (Å²) in [5, 5.41) is 20.3. The molecule has 0 spiro atoms. The Hall–Kier alpha value is -0.120. The van der Waals surface area contributed by atoms with Crippen LogP contribution in [0.25, 0.3) is 0 Å². The van der Waals surface area contributed by atoms with E-state index in [0.717, 1.165) is 13.0 Å². The lowest BCUT2D eigenvalue weighted by Gasteiger charge is -2.23. The van der Waals surface area contributed by atoms with Gasteiger partial charge in [0.15, 0.2) is 0 Å². The average molecular weight is 161 g/mol. The molecule has 0 saturated carbocycles. The minimum absolute atomic E-state index is 0.129. The van der Waals surface area contributed by atoms with E-state index in [1.807, 2.05) is 0 Å². The lowest BCUT2D eigenvalue weighted by molar-refractivity contribution is 0.202. The van der Waals surface area contributed by atoms with Crippen molar-refractivity contribution in [3.05, 3.63) is 0 Å². The molecule has 0 rings (SSSR count). The molecule has 0 aromatic heterocycles. The van der Waals surface area contributed by atoms with Crippen molar-refractivity contribution in [2.45, 2.75) is 20.3 Å². The zero-order valence-corrected chi connectivity index (χ0v) is 7.43. The highest BCUT2D eigenvalue weighted by molar-refractivity contribution is 4.70. The molecule has 0 amide bonds. The summed E-state index contributed by atoms with van der Waals surface area (Å²) < 4.78 is 0. The Morgan fingerprint density at radius 2 is 1.82 bits per heavy atom. The Morgan fingerprint density at radius 3 is 2.27 bits per heavy atom. The van der Waals surface area contributed by atoms with Gasteiger partial charge in [-0.25, -0.2) is 0 Å². The number of nitrogens with one attached hydrogen (secondary N) is 1. The van der Waals surface area contributed by atoms with E-state index in [1.54, 1.807) is 0 Å². The van der Waals surface area contributed by atoms with Gasteiger partial charge in [-0.15, -0.1) is 0 Å². The largest absolute Gasteiger partial charge is 0.396 e. The van der Waals surface area contributed by atoms with Crippen molar-refractivity contribution < 1.29 is 10.2 Å². The fourth-order valence-electron chi connectivity index (χ4n) is 0.897. The first-order chi connectivity index (χ1) is 5.12. The summed E-state index contributed by atoms with van der Waals surface area (Å²) in [6, 6.07) is 0. The topological polar surface area (TPSA) is 52.5 Å². The number of rotatable bonds is 6. The van der Waals surface area contributed by atoms with Crippen molar-refractivity contribution in [2.24, 2.45) is 5.41 Å². The summed E-state index contributed by atoms with van der Waals surface area (Å²) in [5.41, 5.74) is 0.129. The van der Waals surface area contributed by atoms with Gasteiger partial charge in [-0.1, -0.05) is 13.8 Å². The molecule has 0 radical (unpaired) electrons. The third kappa shape index (κ3) is 6.28. The molecule has 68 valence electrons. The zero-order valence-electron chi connectivity index (χ0n) is 7.43. The third-order valence-electron chi connectivity index (χ3n) is 1.68. The second kappa shape index (κ2) is 5.52. The maximum atomic E-state index is 8.68. The Bertz CT molecular complexity index is 94.1. The molecule has 3 nitrogen and oxygen atoms in total. The van der Waals surface area contributed by atoms with Gasteiger partial charge in [0.25, 0.3) is 0 Å². The van der Waals surface area contributed by atoms with Crippen LogP contribution >= 0.6 is 0 Å². The van der Waals surface area contributed by atoms with Crippen LogP contribution in [0.4, 0.5) is 0 Å². The number of hydrogen-bond donors (Lipinski definition) is 3. The lowest BCUT2D eigenvalue weighted by Crippen LogP contribution is -2.31. The van der Waals surface area contributed by atoms with Crippen LogP contribution in [0.3, 0.4) is 0 Å². The second-order valence-electron chi connectivity index (χ2n) is 3.54. The summed E-state index contributed by atoms with van der Waals surface area (Å²) in [4.78, 5) is 0. The van der Waals surface area contributed by atoms with Gasteiger partial charge in [-0.2, -0.15) is 0 Å². The molecule has 0 saturated heterocycles. The van der Waals surface area contributed by atoms with Gasteiger partial charge in [-0.05, 0) is 11.8 Å². The van der Waals surface area contributed by atoms with Crippen LogP contribution < -0.4 is 5.32 Å². The van der Waals surface area contributed by atoms with Crippen molar-refractivity contribution in [1.29, 1.82) is 0 Å². The summed E-state index contributed by atoms with van der Waals surface area (Å²) in [6.45, 7) is 6.06. The second-order valence-corrected chi connectivity index (χ2v) is 3.54. The minimum atomic E-state index is 0.129. The van der Waals surface area contributed by atoms with E-state index in [1.165, 1.54) is 0 Å². The molecule has 3 heteroatoms. The van der Waals surface area contributed by atoms with Crippen molar-refractivity contribution >= 4 is 0 Å². The first kappa shape index (κ1) is 10.9. The van der Waals surface area contributed by atoms with Gasteiger partial charge in [0.1, 0.15) is 0 Å². The molecular weight excluding hydrogens is 142 g/mol.